The quantitative estimate of drug-likeness (QED) is 0.130. The number of ether oxygens (including phenoxy) is 2. The summed E-state index contributed by atoms with van der Waals surface area (Å²) in [6.45, 7) is 0.458. The molecule has 0 spiro atoms. The average Bonchev–Trinajstić information content (AvgIpc) is 3.37. The van der Waals surface area contributed by atoms with E-state index in [0.29, 0.717) is 30.4 Å². The lowest BCUT2D eigenvalue weighted by atomic mass is 10.1. The van der Waals surface area contributed by atoms with Crippen molar-refractivity contribution in [1.82, 2.24) is 5.32 Å². The number of aliphatic imine (C=N–C) groups is 1. The number of nitriles is 1. The Morgan fingerprint density at radius 1 is 1.03 bits per heavy atom. The van der Waals surface area contributed by atoms with Crippen LogP contribution in [0.1, 0.15) is 37.7 Å². The first-order valence-corrected chi connectivity index (χ1v) is 11.5. The van der Waals surface area contributed by atoms with E-state index in [0.717, 1.165) is 24.1 Å². The summed E-state index contributed by atoms with van der Waals surface area (Å²) in [5.74, 6) is 8.10. The van der Waals surface area contributed by atoms with Gasteiger partial charge in [-0.3, -0.25) is 10.3 Å². The normalized spacial score (nSPS) is 13.6. The minimum absolute atomic E-state index is 0.218. The average molecular weight is 453 g/mol. The molecule has 0 amide bonds. The van der Waals surface area contributed by atoms with E-state index in [4.69, 9.17) is 14.7 Å². The Labute approximate surface area is 200 Å². The van der Waals surface area contributed by atoms with Gasteiger partial charge in [0, 0.05) is 23.7 Å². The molecule has 1 aliphatic rings. The number of nitrogens with one attached hydrogen (secondary N) is 2. The fourth-order valence-corrected chi connectivity index (χ4v) is 3.99. The number of guanidine groups is 1. The monoisotopic (exact) mass is 452 g/mol. The van der Waals surface area contributed by atoms with E-state index in [1.165, 1.54) is 23.6 Å². The third-order valence-corrected chi connectivity index (χ3v) is 5.69. The standard InChI is InChI=1S/C28H28N4O2/c1-33-26-16-15-24(19-27(26)34-25-11-4-5-12-25)32-28(31-20-29)30-17-7-6-8-21-13-14-22-9-2-3-10-23(22)18-21/h2-3,9-10,13-16,18-19,25H,4-5,7,11-12,17H2,1H3,(H2,30,31,32). The fourth-order valence-electron chi connectivity index (χ4n) is 3.99. The van der Waals surface area contributed by atoms with Crippen molar-refractivity contribution in [3.63, 3.8) is 0 Å². The molecule has 3 aromatic rings. The summed E-state index contributed by atoms with van der Waals surface area (Å²) in [6, 6.07) is 20.0. The second kappa shape index (κ2) is 11.6. The lowest BCUT2D eigenvalue weighted by molar-refractivity contribution is 0.201. The summed E-state index contributed by atoms with van der Waals surface area (Å²) in [7, 11) is 1.63. The van der Waals surface area contributed by atoms with Gasteiger partial charge in [-0.2, -0.15) is 5.26 Å². The maximum atomic E-state index is 9.12. The maximum Gasteiger partial charge on any atom is 0.209 e. The van der Waals surface area contributed by atoms with Gasteiger partial charge in [0.1, 0.15) is 0 Å². The molecule has 4 rings (SSSR count). The summed E-state index contributed by atoms with van der Waals surface area (Å²) < 4.78 is 11.6. The number of fused-ring (bicyclic) bond motifs is 1. The van der Waals surface area contributed by atoms with Crippen molar-refractivity contribution < 1.29 is 9.47 Å². The SMILES string of the molecule is COc1ccc(NC(=NCCC#Cc2ccc3ccccc3c2)NC#N)cc1OC1CCCC1. The number of anilines is 1. The molecule has 0 saturated heterocycles. The zero-order valence-electron chi connectivity index (χ0n) is 19.3. The zero-order valence-corrected chi connectivity index (χ0v) is 19.3. The molecule has 0 atom stereocenters. The van der Waals surface area contributed by atoms with E-state index >= 15 is 0 Å². The second-order valence-electron chi connectivity index (χ2n) is 8.10. The van der Waals surface area contributed by atoms with Crippen LogP contribution in [0, 0.1) is 23.3 Å². The lowest BCUT2D eigenvalue weighted by Crippen LogP contribution is -2.27. The molecule has 0 aromatic heterocycles. The summed E-state index contributed by atoms with van der Waals surface area (Å²) in [5.41, 5.74) is 1.74. The van der Waals surface area contributed by atoms with Gasteiger partial charge in [-0.05, 0) is 60.7 Å². The van der Waals surface area contributed by atoms with E-state index in [1.54, 1.807) is 7.11 Å². The molecule has 34 heavy (non-hydrogen) atoms. The Bertz CT molecular complexity index is 1260. The summed E-state index contributed by atoms with van der Waals surface area (Å²) in [4.78, 5) is 4.46. The Morgan fingerprint density at radius 3 is 2.65 bits per heavy atom. The smallest absolute Gasteiger partial charge is 0.209 e. The van der Waals surface area contributed by atoms with Crippen LogP contribution in [0.2, 0.25) is 0 Å². The van der Waals surface area contributed by atoms with E-state index in [-0.39, 0.29) is 6.10 Å². The number of rotatable bonds is 6. The van der Waals surface area contributed by atoms with Crippen molar-refractivity contribution in [3.8, 4) is 29.5 Å². The van der Waals surface area contributed by atoms with Crippen molar-refractivity contribution in [2.45, 2.75) is 38.2 Å². The van der Waals surface area contributed by atoms with Gasteiger partial charge in [-0.15, -0.1) is 0 Å². The number of benzene rings is 3. The first-order valence-electron chi connectivity index (χ1n) is 11.5. The Balaban J connectivity index is 1.38. The van der Waals surface area contributed by atoms with Gasteiger partial charge in [0.2, 0.25) is 5.96 Å². The third kappa shape index (κ3) is 6.21. The predicted octanol–water partition coefficient (Wildman–Crippen LogP) is 5.45. The molecule has 1 aliphatic carbocycles. The highest BCUT2D eigenvalue weighted by Crippen LogP contribution is 2.33. The van der Waals surface area contributed by atoms with Crippen LogP contribution in [0.25, 0.3) is 10.8 Å². The molecule has 3 aromatic carbocycles. The number of nitrogens with zero attached hydrogens (tertiary/aromatic N) is 2. The summed E-state index contributed by atoms with van der Waals surface area (Å²) in [5, 5.41) is 17.3. The van der Waals surface area contributed by atoms with Crippen LogP contribution in [0.3, 0.4) is 0 Å². The molecule has 1 saturated carbocycles. The van der Waals surface area contributed by atoms with Crippen LogP contribution in [0.15, 0.2) is 65.7 Å². The van der Waals surface area contributed by atoms with Gasteiger partial charge >= 0.3 is 0 Å². The van der Waals surface area contributed by atoms with Crippen LogP contribution in [-0.4, -0.2) is 25.7 Å². The first kappa shape index (κ1) is 23.0. The molecule has 0 unspecified atom stereocenters. The zero-order chi connectivity index (χ0) is 23.6. The van der Waals surface area contributed by atoms with Gasteiger partial charge in [0.15, 0.2) is 17.7 Å². The number of hydrogen-bond acceptors (Lipinski definition) is 4. The topological polar surface area (TPSA) is 78.7 Å². The van der Waals surface area contributed by atoms with E-state index in [1.807, 2.05) is 42.6 Å². The third-order valence-electron chi connectivity index (χ3n) is 5.69. The van der Waals surface area contributed by atoms with Gasteiger partial charge in [0.25, 0.3) is 0 Å². The lowest BCUT2D eigenvalue weighted by Gasteiger charge is -2.17. The molecule has 0 radical (unpaired) electrons. The Kier molecular flexibility index (Phi) is 7.87. The second-order valence-corrected chi connectivity index (χ2v) is 8.10. The largest absolute Gasteiger partial charge is 0.493 e. The van der Waals surface area contributed by atoms with Crippen LogP contribution in [0.5, 0.6) is 11.5 Å². The first-order chi connectivity index (χ1) is 16.7. The number of methoxy groups -OCH3 is 1. The van der Waals surface area contributed by atoms with E-state index < -0.39 is 0 Å². The van der Waals surface area contributed by atoms with Crippen molar-refractivity contribution in [3.05, 3.63) is 66.2 Å². The van der Waals surface area contributed by atoms with Crippen LogP contribution >= 0.6 is 0 Å². The van der Waals surface area contributed by atoms with Gasteiger partial charge in [0.05, 0.1) is 19.8 Å². The van der Waals surface area contributed by atoms with Crippen molar-refractivity contribution >= 4 is 22.4 Å². The van der Waals surface area contributed by atoms with E-state index in [2.05, 4.69) is 51.7 Å². The molecule has 1 fully saturated rings. The van der Waals surface area contributed by atoms with Crippen LogP contribution in [-0.2, 0) is 0 Å². The van der Waals surface area contributed by atoms with Crippen molar-refractivity contribution in [2.75, 3.05) is 19.0 Å². The number of hydrogen-bond donors (Lipinski definition) is 2. The molecule has 0 heterocycles. The molecule has 0 aliphatic heterocycles. The molecular formula is C28H28N4O2. The van der Waals surface area contributed by atoms with E-state index in [9.17, 15) is 0 Å². The minimum Gasteiger partial charge on any atom is -0.493 e. The highest BCUT2D eigenvalue weighted by atomic mass is 16.5. The Hall–Kier alpha value is -4.16. The highest BCUT2D eigenvalue weighted by Gasteiger charge is 2.18. The molecule has 6 nitrogen and oxygen atoms in total. The van der Waals surface area contributed by atoms with Crippen LogP contribution in [0.4, 0.5) is 5.69 Å². The van der Waals surface area contributed by atoms with Gasteiger partial charge in [-0.25, -0.2) is 0 Å². The summed E-state index contributed by atoms with van der Waals surface area (Å²) in [6.07, 6.45) is 7.23. The molecule has 172 valence electrons. The molecular weight excluding hydrogens is 424 g/mol. The highest BCUT2D eigenvalue weighted by molar-refractivity contribution is 5.94. The van der Waals surface area contributed by atoms with Gasteiger partial charge in [-0.1, -0.05) is 42.2 Å². The predicted molar refractivity (Wildman–Crippen MR) is 136 cm³/mol. The molecule has 6 heteroatoms. The molecule has 2 N–H and O–H groups in total. The summed E-state index contributed by atoms with van der Waals surface area (Å²) >= 11 is 0. The van der Waals surface area contributed by atoms with Crippen LogP contribution < -0.4 is 20.1 Å². The van der Waals surface area contributed by atoms with Crippen molar-refractivity contribution in [2.24, 2.45) is 4.99 Å². The maximum absolute atomic E-state index is 9.12. The fraction of sp³-hybridized carbons (Fsp3) is 0.286. The Morgan fingerprint density at radius 2 is 1.85 bits per heavy atom. The van der Waals surface area contributed by atoms with Crippen molar-refractivity contribution in [1.29, 1.82) is 5.26 Å². The molecule has 0 bridgehead atoms. The minimum atomic E-state index is 0.218. The van der Waals surface area contributed by atoms with Gasteiger partial charge < -0.3 is 14.8 Å².